The molecule has 3 aliphatic heterocycles. The largest absolute Gasteiger partial charge is 0.427 e. The lowest BCUT2D eigenvalue weighted by molar-refractivity contribution is -0.175. The summed E-state index contributed by atoms with van der Waals surface area (Å²) in [4.78, 5) is 63.0. The molecule has 176 valence electrons. The van der Waals surface area contributed by atoms with Gasteiger partial charge in [0.25, 0.3) is 0 Å². The zero-order chi connectivity index (χ0) is 24.0. The molecule has 2 saturated heterocycles. The molecule has 32 heavy (non-hydrogen) atoms. The number of piperidine rings is 1. The average Bonchev–Trinajstić information content (AvgIpc) is 2.91. The highest BCUT2D eigenvalue weighted by Gasteiger charge is 2.60. The second kappa shape index (κ2) is 8.86. The number of aliphatic hydroxyl groups excluding tert-OH is 1. The summed E-state index contributed by atoms with van der Waals surface area (Å²) in [6, 6.07) is -0.446. The molecule has 0 aromatic carbocycles. The van der Waals surface area contributed by atoms with Crippen LogP contribution in [0.1, 0.15) is 47.5 Å². The van der Waals surface area contributed by atoms with Crippen LogP contribution < -0.4 is 5.32 Å². The predicted molar refractivity (Wildman–Crippen MR) is 112 cm³/mol. The van der Waals surface area contributed by atoms with Gasteiger partial charge in [-0.15, -0.1) is 11.8 Å². The maximum atomic E-state index is 12.9. The minimum absolute atomic E-state index is 0.00842. The molecule has 0 radical (unpaired) electrons. The first kappa shape index (κ1) is 24.2. The maximum absolute atomic E-state index is 12.9. The van der Waals surface area contributed by atoms with Gasteiger partial charge in [0.05, 0.1) is 28.7 Å². The number of carbonyl (C=O) groups excluding carboxylic acids is 5. The molecule has 0 bridgehead atoms. The van der Waals surface area contributed by atoms with Gasteiger partial charge in [-0.25, -0.2) is 4.79 Å². The molecule has 11 heteroatoms. The van der Waals surface area contributed by atoms with Crippen LogP contribution in [0.15, 0.2) is 10.6 Å². The van der Waals surface area contributed by atoms with Gasteiger partial charge in [-0.05, 0) is 34.1 Å². The number of carbonyl (C=O) groups is 5. The van der Waals surface area contributed by atoms with Gasteiger partial charge in [-0.3, -0.25) is 24.5 Å². The molecule has 0 aromatic rings. The monoisotopic (exact) mass is 468 g/mol. The van der Waals surface area contributed by atoms with Crippen LogP contribution in [-0.2, 0) is 33.4 Å². The summed E-state index contributed by atoms with van der Waals surface area (Å²) in [5.41, 5.74) is -0.783. The number of hydrogen-bond donors (Lipinski definition) is 2. The summed E-state index contributed by atoms with van der Waals surface area (Å²) in [6.07, 6.45) is -0.429. The molecular weight excluding hydrogens is 440 g/mol. The second-order valence-electron chi connectivity index (χ2n) is 9.26. The fourth-order valence-electron chi connectivity index (χ4n) is 4.03. The Kier molecular flexibility index (Phi) is 6.71. The molecule has 0 saturated carbocycles. The van der Waals surface area contributed by atoms with Crippen molar-refractivity contribution >= 4 is 41.4 Å². The van der Waals surface area contributed by atoms with Crippen LogP contribution in [0.3, 0.4) is 0 Å². The van der Waals surface area contributed by atoms with Crippen LogP contribution in [0.4, 0.5) is 0 Å². The first-order valence-electron chi connectivity index (χ1n) is 10.4. The Balaban J connectivity index is 1.82. The third-order valence-electron chi connectivity index (χ3n) is 5.75. The summed E-state index contributed by atoms with van der Waals surface area (Å²) < 4.78 is 10.1. The third-order valence-corrected chi connectivity index (χ3v) is 7.31. The number of nitrogens with zero attached hydrogens (tertiary/aromatic N) is 1. The van der Waals surface area contributed by atoms with Crippen molar-refractivity contribution in [3.8, 4) is 0 Å². The van der Waals surface area contributed by atoms with Gasteiger partial charge in [0.15, 0.2) is 0 Å². The number of thioether (sulfide) groups is 1. The van der Waals surface area contributed by atoms with Gasteiger partial charge < -0.3 is 19.5 Å². The zero-order valence-electron chi connectivity index (χ0n) is 18.7. The number of esters is 2. The molecule has 0 aromatic heterocycles. The minimum Gasteiger partial charge on any atom is -0.427 e. The third kappa shape index (κ3) is 4.40. The highest BCUT2D eigenvalue weighted by molar-refractivity contribution is 8.04. The molecule has 3 amide bonds. The Labute approximate surface area is 190 Å². The van der Waals surface area contributed by atoms with Crippen LogP contribution in [0.25, 0.3) is 0 Å². The van der Waals surface area contributed by atoms with E-state index in [1.165, 1.54) is 11.8 Å². The van der Waals surface area contributed by atoms with Crippen LogP contribution in [0.2, 0.25) is 0 Å². The molecule has 10 nitrogen and oxygen atoms in total. The Hall–Kier alpha value is -2.40. The lowest BCUT2D eigenvalue weighted by Gasteiger charge is -2.46. The summed E-state index contributed by atoms with van der Waals surface area (Å²) >= 11 is 1.12. The number of ether oxygens (including phenoxy) is 2. The highest BCUT2D eigenvalue weighted by atomic mass is 32.2. The molecule has 0 aliphatic carbocycles. The number of fused-ring (bicyclic) bond motifs is 1. The topological polar surface area (TPSA) is 139 Å². The number of β-lactam (4-membered cyclic amide) rings is 1. The molecule has 5 atom stereocenters. The normalized spacial score (nSPS) is 28.7. The van der Waals surface area contributed by atoms with Crippen molar-refractivity contribution in [3.63, 3.8) is 0 Å². The molecular formula is C21H28N2O8S. The van der Waals surface area contributed by atoms with Gasteiger partial charge in [0.2, 0.25) is 24.5 Å². The lowest BCUT2D eigenvalue weighted by atomic mass is 9.79. The van der Waals surface area contributed by atoms with Gasteiger partial charge in [0.1, 0.15) is 5.70 Å². The van der Waals surface area contributed by atoms with E-state index in [-0.39, 0.29) is 23.9 Å². The Morgan fingerprint density at radius 3 is 2.47 bits per heavy atom. The number of imide groups is 1. The highest BCUT2D eigenvalue weighted by Crippen LogP contribution is 2.52. The van der Waals surface area contributed by atoms with E-state index in [0.717, 1.165) is 11.8 Å². The average molecular weight is 469 g/mol. The smallest absolute Gasteiger partial charge is 0.358 e. The minimum atomic E-state index is -0.906. The van der Waals surface area contributed by atoms with Crippen molar-refractivity contribution in [3.05, 3.63) is 10.6 Å². The van der Waals surface area contributed by atoms with E-state index in [1.807, 2.05) is 6.92 Å². The standard InChI is InChI=1S/C21H28N2O8S/c1-9-14-13(10(2)24)18(27)23(14)15(19(28)30-8-31-20(29)21(3,4)5)16(9)32-11-6-7-12(25)22-17(11)26/h9-11,13-14,24H,6-8H2,1-5H3,(H,22,25,26)/t9-,10-,11+,13-,14-/m1/s1. The van der Waals surface area contributed by atoms with Crippen molar-refractivity contribution < 1.29 is 38.6 Å². The Morgan fingerprint density at radius 1 is 1.25 bits per heavy atom. The van der Waals surface area contributed by atoms with E-state index in [1.54, 1.807) is 20.8 Å². The van der Waals surface area contributed by atoms with Crippen LogP contribution in [0.5, 0.6) is 0 Å². The number of amides is 3. The SMILES string of the molecule is C[C@@H](O)[C@H]1C(=O)N2C(C(=O)OCOC(=O)C(C)(C)C)=C(S[C@H]3CCC(=O)NC3=O)[C@H](C)[C@H]12. The van der Waals surface area contributed by atoms with E-state index in [2.05, 4.69) is 5.32 Å². The molecule has 3 heterocycles. The molecule has 0 unspecified atom stereocenters. The molecule has 3 aliphatic rings. The van der Waals surface area contributed by atoms with Gasteiger partial charge in [-0.1, -0.05) is 6.92 Å². The molecule has 2 N–H and O–H groups in total. The summed E-state index contributed by atoms with van der Waals surface area (Å²) in [6.45, 7) is 7.69. The van der Waals surface area contributed by atoms with Crippen LogP contribution >= 0.6 is 11.8 Å². The van der Waals surface area contributed by atoms with E-state index in [4.69, 9.17) is 9.47 Å². The second-order valence-corrected chi connectivity index (χ2v) is 10.5. The van der Waals surface area contributed by atoms with Gasteiger partial charge in [0, 0.05) is 17.2 Å². The van der Waals surface area contributed by atoms with Gasteiger partial charge in [-0.2, -0.15) is 0 Å². The van der Waals surface area contributed by atoms with Crippen molar-refractivity contribution in [2.75, 3.05) is 6.79 Å². The summed E-state index contributed by atoms with van der Waals surface area (Å²) in [5, 5.41) is 11.7. The summed E-state index contributed by atoms with van der Waals surface area (Å²) in [7, 11) is 0. The first-order chi connectivity index (χ1) is 14.8. The number of hydrogen-bond acceptors (Lipinski definition) is 9. The van der Waals surface area contributed by atoms with Crippen molar-refractivity contribution in [2.24, 2.45) is 17.3 Å². The van der Waals surface area contributed by atoms with Crippen molar-refractivity contribution in [1.29, 1.82) is 0 Å². The van der Waals surface area contributed by atoms with Crippen molar-refractivity contribution in [1.82, 2.24) is 10.2 Å². The molecule has 3 rings (SSSR count). The first-order valence-corrected chi connectivity index (χ1v) is 11.3. The van der Waals surface area contributed by atoms with Gasteiger partial charge >= 0.3 is 11.9 Å². The number of rotatable bonds is 6. The summed E-state index contributed by atoms with van der Waals surface area (Å²) in [5.74, 6) is -3.63. The fraction of sp³-hybridized carbons (Fsp3) is 0.667. The number of aliphatic hydroxyl groups is 1. The quantitative estimate of drug-likeness (QED) is 0.249. The van der Waals surface area contributed by atoms with Crippen LogP contribution in [-0.4, -0.2) is 63.9 Å². The van der Waals surface area contributed by atoms with E-state index < -0.39 is 59.3 Å². The van der Waals surface area contributed by atoms with E-state index >= 15 is 0 Å². The fourth-order valence-corrected chi connectivity index (χ4v) is 5.39. The maximum Gasteiger partial charge on any atom is 0.358 e. The lowest BCUT2D eigenvalue weighted by Crippen LogP contribution is -2.63. The van der Waals surface area contributed by atoms with E-state index in [0.29, 0.717) is 11.3 Å². The molecule has 0 spiro atoms. The number of nitrogens with one attached hydrogen (secondary N) is 1. The van der Waals surface area contributed by atoms with Crippen LogP contribution in [0, 0.1) is 17.3 Å². The Bertz CT molecular complexity index is 891. The zero-order valence-corrected chi connectivity index (χ0v) is 19.5. The van der Waals surface area contributed by atoms with E-state index in [9.17, 15) is 29.1 Å². The predicted octanol–water partition coefficient (Wildman–Crippen LogP) is 0.684. The Morgan fingerprint density at radius 2 is 1.91 bits per heavy atom. The van der Waals surface area contributed by atoms with Crippen molar-refractivity contribution in [2.45, 2.75) is 64.9 Å². The molecule has 2 fully saturated rings.